The Morgan fingerprint density at radius 2 is 0.485 bits per heavy atom. The third kappa shape index (κ3) is 27.0. The van der Waals surface area contributed by atoms with Crippen LogP contribution in [0.5, 0.6) is 0 Å². The van der Waals surface area contributed by atoms with Gasteiger partial charge in [0.2, 0.25) is 0 Å². The fourth-order valence-electron chi connectivity index (χ4n) is 6.55. The molecule has 22 heteroatoms. The Hall–Kier alpha value is -2.34. The Morgan fingerprint density at radius 3 is 0.591 bits per heavy atom. The molecule has 364 valence electrons. The van der Waals surface area contributed by atoms with E-state index in [1.54, 1.807) is 0 Å². The Morgan fingerprint density at radius 1 is 0.364 bits per heavy atom. The number of benzene rings is 6. The van der Waals surface area contributed by atoms with Gasteiger partial charge in [-0.2, -0.15) is 0 Å². The topological polar surface area (TPSA) is 223 Å². The molecule has 0 spiro atoms. The molecule has 0 amide bonds. The summed E-state index contributed by atoms with van der Waals surface area (Å²) in [5.41, 5.74) is 0. The van der Waals surface area contributed by atoms with Gasteiger partial charge in [-0.25, -0.2) is 0 Å². The van der Waals surface area contributed by atoms with Crippen LogP contribution in [-0.2, 0) is 79.2 Å². The van der Waals surface area contributed by atoms with Crippen molar-refractivity contribution < 1.29 is 95.9 Å². The van der Waals surface area contributed by atoms with E-state index in [4.69, 9.17) is 47.4 Å². The van der Waals surface area contributed by atoms with Crippen molar-refractivity contribution >= 4 is 86.7 Å². The molecule has 0 fully saturated rings. The number of hydrogen-bond donors (Lipinski definition) is 2. The molecule has 0 unspecified atom stereocenters. The second-order valence-electron chi connectivity index (χ2n) is 13.3. The third-order valence-corrected chi connectivity index (χ3v) is 17.9. The van der Waals surface area contributed by atoms with Gasteiger partial charge in [0.15, 0.2) is 0 Å². The Labute approximate surface area is 412 Å². The first-order valence-electron chi connectivity index (χ1n) is 19.3. The van der Waals surface area contributed by atoms with Gasteiger partial charge in [0.05, 0.1) is 12.3 Å². The van der Waals surface area contributed by atoms with E-state index in [0.717, 1.165) is 0 Å². The molecule has 0 aliphatic carbocycles. The molecule has 0 saturated heterocycles. The maximum atomic E-state index is 9.01. The molecule has 0 aliphatic heterocycles. The molecule has 66 heavy (non-hydrogen) atoms. The fraction of sp³-hybridized carbons (Fsp3) is 0.182. The quantitative estimate of drug-likeness (QED) is 0.0883. The van der Waals surface area contributed by atoms with Gasteiger partial charge in [-0.15, -0.1) is 0 Å². The van der Waals surface area contributed by atoms with Crippen molar-refractivity contribution in [3.8, 4) is 0 Å². The van der Waals surface area contributed by atoms with Gasteiger partial charge in [0.1, 0.15) is 46.4 Å². The van der Waals surface area contributed by atoms with Crippen LogP contribution in [0.25, 0.3) is 0 Å². The van der Waals surface area contributed by atoms with E-state index >= 15 is 0 Å². The molecule has 6 rings (SSSR count). The van der Waals surface area contributed by atoms with Crippen LogP contribution >= 0.6 is 54.9 Å². The van der Waals surface area contributed by atoms with Crippen molar-refractivity contribution in [1.29, 1.82) is 0 Å². The molecule has 12 nitrogen and oxygen atoms in total. The van der Waals surface area contributed by atoms with E-state index in [0.29, 0.717) is 0 Å². The molecule has 0 atom stereocenters. The summed E-state index contributed by atoms with van der Waals surface area (Å²) in [5.74, 6) is 0. The first kappa shape index (κ1) is 61.7. The molecule has 0 aromatic heterocycles. The molecule has 0 bridgehead atoms. The maximum absolute atomic E-state index is 9.01. The SMILES string of the molecule is CCCC[P+](c1ccccc1)(c1ccccc1)c1ccccc1.CCCC[P+](c1ccccc1)(c1ccccc1)c1ccccc1.[O]=[Mn](=[O])([O-])[Cl].[O]=[Mn](=[O])([O-])[Cl].[O]=[Mn](=[O])([OH])[Cl].[O]=[Mn](=[O])([OH])[Cl]. The van der Waals surface area contributed by atoms with Crippen LogP contribution in [0, 0.1) is 0 Å². The molecule has 0 radical (unpaired) electrons. The summed E-state index contributed by atoms with van der Waals surface area (Å²) >= 11 is -19.1. The molecule has 6 aromatic rings. The normalized spacial score (nSPS) is 11.4. The van der Waals surface area contributed by atoms with Gasteiger partial charge in [-0.05, 0) is 85.6 Å². The summed E-state index contributed by atoms with van der Waals surface area (Å²) in [6.07, 6.45) is 7.45. The van der Waals surface area contributed by atoms with Crippen LogP contribution in [0.2, 0.25) is 0 Å². The number of halogens is 4. The van der Waals surface area contributed by atoms with Gasteiger partial charge in [-0.3, -0.25) is 0 Å². The standard InChI is InChI=1S/2C22H24P.4ClH.4Mn.2H2O.10O/c2*1-2-3-19-23(20-13-7-4-8-14-20,21-15-9-5-10-16-21)22-17-11-6-12-18-22;;;;;;;;;;;;;;;;;;;;/h2*4-18H,2-3,19H2,1H3;4*1H;;;;;2*1H2;;;;;;;;;;/q2*+1;;;;;2*+1;2*+2;;;;;;;;;;;2*-1/p-6. The van der Waals surface area contributed by atoms with Crippen LogP contribution in [-0.4, -0.2) is 20.7 Å². The second-order valence-corrected chi connectivity index (χ2v) is 31.0. The molecule has 0 aliphatic rings. The Bertz CT molecular complexity index is 2230. The van der Waals surface area contributed by atoms with Gasteiger partial charge in [0, 0.05) is 0 Å². The zero-order chi connectivity index (χ0) is 49.9. The zero-order valence-corrected chi connectivity index (χ0v) is 45.0. The van der Waals surface area contributed by atoms with Crippen LogP contribution in [0.3, 0.4) is 0 Å². The van der Waals surface area contributed by atoms with Crippen molar-refractivity contribution in [3.63, 3.8) is 0 Å². The molecular weight excluding hydrogens is 1140 g/mol. The average Bonchev–Trinajstić information content (AvgIpc) is 3.24. The van der Waals surface area contributed by atoms with Gasteiger partial charge in [-0.1, -0.05) is 136 Å². The van der Waals surface area contributed by atoms with Crippen molar-refractivity contribution in [1.82, 2.24) is 0 Å². The summed E-state index contributed by atoms with van der Waals surface area (Å²) in [6.45, 7) is 4.57. The third-order valence-electron chi connectivity index (χ3n) is 8.88. The van der Waals surface area contributed by atoms with Crippen molar-refractivity contribution in [2.75, 3.05) is 12.3 Å². The van der Waals surface area contributed by atoms with Crippen molar-refractivity contribution in [3.05, 3.63) is 182 Å². The summed E-state index contributed by atoms with van der Waals surface area (Å²) in [4.78, 5) is 0. The predicted molar refractivity (Wildman–Crippen MR) is 243 cm³/mol. The van der Waals surface area contributed by atoms with E-state index in [1.807, 2.05) is 0 Å². The number of unbranched alkanes of at least 4 members (excludes halogenated alkanes) is 2. The zero-order valence-electron chi connectivity index (χ0n) is 35.5. The Kier molecular flexibility index (Phi) is 29.0. The van der Waals surface area contributed by atoms with Gasteiger partial charge < -0.3 is 0 Å². The van der Waals surface area contributed by atoms with Crippen LogP contribution in [0.4, 0.5) is 0 Å². The average molecular weight is 1190 g/mol. The molecule has 0 saturated carbocycles. The van der Waals surface area contributed by atoms with Gasteiger partial charge >= 0.3 is 136 Å². The molecular formula is C44H50Cl4Mn4O12P2. The summed E-state index contributed by atoms with van der Waals surface area (Å²) in [5, 5.41) is 8.95. The molecule has 0 heterocycles. The van der Waals surface area contributed by atoms with E-state index in [1.165, 1.54) is 69.8 Å². The van der Waals surface area contributed by atoms with E-state index in [-0.39, 0.29) is 0 Å². The molecule has 2 N–H and O–H groups in total. The fourth-order valence-corrected chi connectivity index (χ4v) is 15.6. The first-order chi connectivity index (χ1) is 30.8. The monoisotopic (exact) mass is 1190 g/mol. The van der Waals surface area contributed by atoms with Crippen molar-refractivity contribution in [2.24, 2.45) is 0 Å². The molecule has 6 aromatic carbocycles. The predicted octanol–water partition coefficient (Wildman–Crippen LogP) is 7.87. The summed E-state index contributed by atoms with van der Waals surface area (Å²) in [7, 11) is 13.1. The second kappa shape index (κ2) is 31.0. The van der Waals surface area contributed by atoms with E-state index < -0.39 is 63.0 Å². The first-order valence-corrected chi connectivity index (χ1v) is 35.6. The minimum absolute atomic E-state index is 1.23. The van der Waals surface area contributed by atoms with E-state index in [2.05, 4.69) is 236 Å². The number of hydrogen-bond acceptors (Lipinski definition) is 10. The van der Waals surface area contributed by atoms with Crippen LogP contribution in [0.1, 0.15) is 39.5 Å². The van der Waals surface area contributed by atoms with Crippen molar-refractivity contribution in [2.45, 2.75) is 39.5 Å². The van der Waals surface area contributed by atoms with Crippen LogP contribution < -0.4 is 40.2 Å². The van der Waals surface area contributed by atoms with E-state index in [9.17, 15) is 0 Å². The Balaban J connectivity index is 0.000000470. The summed E-state index contributed by atoms with van der Waals surface area (Å²) < 4.78 is 104. The number of rotatable bonds is 12. The summed E-state index contributed by atoms with van der Waals surface area (Å²) in [6, 6.07) is 66.8. The van der Waals surface area contributed by atoms with Gasteiger partial charge in [0.25, 0.3) is 0 Å². The minimum atomic E-state index is -4.90. The van der Waals surface area contributed by atoms with Crippen LogP contribution in [0.15, 0.2) is 182 Å².